The Kier molecular flexibility index (Phi) is 4.03. The van der Waals surface area contributed by atoms with Crippen LogP contribution in [0.2, 0.25) is 0 Å². The molecular formula is C20H15N3O2Pb. The first-order chi connectivity index (χ1) is 12.2. The van der Waals surface area contributed by atoms with Crippen LogP contribution in [0.15, 0.2) is 66.7 Å². The van der Waals surface area contributed by atoms with Gasteiger partial charge in [-0.3, -0.25) is 9.59 Å². The summed E-state index contributed by atoms with van der Waals surface area (Å²) < 4.78 is 0. The predicted octanol–water partition coefficient (Wildman–Crippen LogP) is 2.69. The van der Waals surface area contributed by atoms with Gasteiger partial charge in [0, 0.05) is 27.9 Å². The van der Waals surface area contributed by atoms with Crippen LogP contribution in [0, 0.1) is 0 Å². The van der Waals surface area contributed by atoms with Crippen LogP contribution in [0.3, 0.4) is 0 Å². The van der Waals surface area contributed by atoms with E-state index in [0.717, 1.165) is 21.8 Å². The van der Waals surface area contributed by atoms with Crippen molar-refractivity contribution in [1.82, 2.24) is 9.97 Å². The first-order valence-corrected chi connectivity index (χ1v) is 7.97. The summed E-state index contributed by atoms with van der Waals surface area (Å²) in [7, 11) is 0. The SMILES string of the molecule is O=C1C=C(c2cc3ccccc3[nH]2)C(=O)N1c1cc2ccccc2[nH]1.[PbH2]. The molecule has 0 spiro atoms. The summed E-state index contributed by atoms with van der Waals surface area (Å²) >= 11 is 0. The van der Waals surface area contributed by atoms with Crippen molar-refractivity contribution in [1.29, 1.82) is 0 Å². The summed E-state index contributed by atoms with van der Waals surface area (Å²) in [5.41, 5.74) is 2.85. The monoisotopic (exact) mass is 537 g/mol. The fourth-order valence-corrected chi connectivity index (χ4v) is 3.29. The van der Waals surface area contributed by atoms with Gasteiger partial charge in [-0.25, -0.2) is 4.90 Å². The molecule has 0 atom stereocenters. The van der Waals surface area contributed by atoms with E-state index in [0.29, 0.717) is 17.1 Å². The first kappa shape index (κ1) is 16.8. The molecule has 6 heteroatoms. The van der Waals surface area contributed by atoms with E-state index < -0.39 is 0 Å². The summed E-state index contributed by atoms with van der Waals surface area (Å²) in [6.07, 6.45) is 1.39. The van der Waals surface area contributed by atoms with E-state index in [4.69, 9.17) is 0 Å². The minimum atomic E-state index is -0.342. The van der Waals surface area contributed by atoms with Crippen LogP contribution in [0.1, 0.15) is 5.69 Å². The van der Waals surface area contributed by atoms with Crippen LogP contribution in [-0.2, 0) is 9.59 Å². The molecule has 5 nitrogen and oxygen atoms in total. The predicted molar refractivity (Wildman–Crippen MR) is 106 cm³/mol. The van der Waals surface area contributed by atoms with Gasteiger partial charge in [-0.15, -0.1) is 0 Å². The molecule has 1 aliphatic rings. The van der Waals surface area contributed by atoms with Crippen molar-refractivity contribution in [3.05, 3.63) is 72.4 Å². The van der Waals surface area contributed by atoms with Crippen molar-refractivity contribution in [2.75, 3.05) is 4.90 Å². The molecule has 0 saturated carbocycles. The van der Waals surface area contributed by atoms with Crippen LogP contribution in [0.25, 0.3) is 27.4 Å². The van der Waals surface area contributed by atoms with Crippen molar-refractivity contribution in [3.63, 3.8) is 0 Å². The molecule has 2 radical (unpaired) electrons. The molecule has 0 aliphatic carbocycles. The van der Waals surface area contributed by atoms with Crippen molar-refractivity contribution < 1.29 is 9.59 Å². The average Bonchev–Trinajstić information content (AvgIpc) is 3.29. The zero-order chi connectivity index (χ0) is 17.0. The van der Waals surface area contributed by atoms with Crippen molar-refractivity contribution in [2.45, 2.75) is 0 Å². The number of nitrogens with zero attached hydrogens (tertiary/aromatic N) is 1. The summed E-state index contributed by atoms with van der Waals surface area (Å²) in [6, 6.07) is 19.1. The molecule has 3 heterocycles. The molecular weight excluding hydrogens is 521 g/mol. The van der Waals surface area contributed by atoms with Gasteiger partial charge < -0.3 is 9.97 Å². The second-order valence-electron chi connectivity index (χ2n) is 6.05. The summed E-state index contributed by atoms with van der Waals surface area (Å²) in [5.74, 6) is -0.188. The number of aromatic nitrogens is 2. The van der Waals surface area contributed by atoms with Gasteiger partial charge in [0.05, 0.1) is 11.3 Å². The van der Waals surface area contributed by atoms with Crippen LogP contribution >= 0.6 is 0 Å². The molecule has 2 amide bonds. The summed E-state index contributed by atoms with van der Waals surface area (Å²) in [6.45, 7) is 0. The fraction of sp³-hybridized carbons (Fsp3) is 0. The molecule has 1 aliphatic heterocycles. The van der Waals surface area contributed by atoms with Crippen molar-refractivity contribution >= 4 is 72.3 Å². The van der Waals surface area contributed by atoms with Crippen LogP contribution in [0.5, 0.6) is 0 Å². The molecule has 2 N–H and O–H groups in total. The van der Waals surface area contributed by atoms with Gasteiger partial charge in [-0.2, -0.15) is 0 Å². The van der Waals surface area contributed by atoms with Crippen molar-refractivity contribution in [3.8, 4) is 0 Å². The van der Waals surface area contributed by atoms with E-state index in [9.17, 15) is 9.59 Å². The molecule has 26 heavy (non-hydrogen) atoms. The topological polar surface area (TPSA) is 69.0 Å². The van der Waals surface area contributed by atoms with Crippen LogP contribution in [0.4, 0.5) is 5.82 Å². The van der Waals surface area contributed by atoms with Gasteiger partial charge in [0.25, 0.3) is 11.8 Å². The molecule has 0 unspecified atom stereocenters. The van der Waals surface area contributed by atoms with Gasteiger partial charge >= 0.3 is 27.3 Å². The molecule has 0 fully saturated rings. The number of amides is 2. The number of aromatic amines is 2. The van der Waals surface area contributed by atoms with E-state index in [2.05, 4.69) is 9.97 Å². The number of benzene rings is 2. The number of anilines is 1. The number of imide groups is 1. The maximum absolute atomic E-state index is 12.9. The van der Waals surface area contributed by atoms with Gasteiger partial charge in [0.2, 0.25) is 0 Å². The Bertz CT molecular complexity index is 1140. The van der Waals surface area contributed by atoms with E-state index in [1.165, 1.54) is 11.0 Å². The molecule has 4 aromatic rings. The Morgan fingerprint density at radius 2 is 1.38 bits per heavy atom. The van der Waals surface area contributed by atoms with Gasteiger partial charge in [0.1, 0.15) is 5.82 Å². The van der Waals surface area contributed by atoms with E-state index in [-0.39, 0.29) is 39.1 Å². The van der Waals surface area contributed by atoms with Gasteiger partial charge in [-0.05, 0) is 24.3 Å². The van der Waals surface area contributed by atoms with Gasteiger partial charge in [0.15, 0.2) is 0 Å². The number of para-hydroxylation sites is 2. The van der Waals surface area contributed by atoms with Crippen molar-refractivity contribution in [2.24, 2.45) is 0 Å². The number of hydrogen-bond acceptors (Lipinski definition) is 2. The zero-order valence-electron chi connectivity index (χ0n) is 13.8. The fourth-order valence-electron chi connectivity index (χ4n) is 3.29. The first-order valence-electron chi connectivity index (χ1n) is 7.97. The third kappa shape index (κ3) is 2.50. The quantitative estimate of drug-likeness (QED) is 0.306. The zero-order valence-corrected chi connectivity index (χ0v) is 19.3. The number of hydrogen-bond donors (Lipinski definition) is 2. The number of H-pyrrole nitrogens is 2. The number of fused-ring (bicyclic) bond motifs is 2. The third-order valence-corrected chi connectivity index (χ3v) is 4.50. The summed E-state index contributed by atoms with van der Waals surface area (Å²) in [4.78, 5) is 32.9. The maximum atomic E-state index is 12.9. The number of nitrogens with one attached hydrogen (secondary N) is 2. The van der Waals surface area contributed by atoms with E-state index >= 15 is 0 Å². The van der Waals surface area contributed by atoms with Crippen LogP contribution < -0.4 is 4.90 Å². The van der Waals surface area contributed by atoms with Gasteiger partial charge in [-0.1, -0.05) is 36.4 Å². The second-order valence-corrected chi connectivity index (χ2v) is 6.05. The number of carbonyl (C=O) groups excluding carboxylic acids is 2. The molecule has 2 aromatic carbocycles. The number of rotatable bonds is 2. The molecule has 0 bridgehead atoms. The molecule has 126 valence electrons. The van der Waals surface area contributed by atoms with E-state index in [1.54, 1.807) is 0 Å². The number of carbonyl (C=O) groups is 2. The molecule has 5 rings (SSSR count). The second kappa shape index (κ2) is 6.24. The Hall–Kier alpha value is -2.68. The normalized spacial score (nSPS) is 14.2. The third-order valence-electron chi connectivity index (χ3n) is 4.50. The Balaban J connectivity index is 0.00000168. The summed E-state index contributed by atoms with van der Waals surface area (Å²) in [5, 5.41) is 1.96. The van der Waals surface area contributed by atoms with E-state index in [1.807, 2.05) is 60.7 Å². The standard InChI is InChI=1S/C20H13N3O2.Pb.2H/c24-19-11-14(17-9-12-5-1-3-7-15(12)21-17)20(25)23(19)18-10-13-6-2-4-8-16(13)22-18;;;/h1-11,21-22H;;;. The average molecular weight is 537 g/mol. The molecule has 0 saturated heterocycles. The Labute approximate surface area is 168 Å². The Morgan fingerprint density at radius 3 is 2.04 bits per heavy atom. The molecule has 2 aromatic heterocycles. The Morgan fingerprint density at radius 1 is 0.769 bits per heavy atom. The van der Waals surface area contributed by atoms with Crippen LogP contribution in [-0.4, -0.2) is 49.1 Å². The minimum absolute atomic E-state index is 0.